The lowest BCUT2D eigenvalue weighted by Gasteiger charge is -2.16. The molecule has 0 saturated carbocycles. The van der Waals surface area contributed by atoms with Gasteiger partial charge in [0.15, 0.2) is 0 Å². The molecule has 2 amide bonds. The van der Waals surface area contributed by atoms with E-state index in [2.05, 4.69) is 20.6 Å². The molecule has 0 aliphatic heterocycles. The molecule has 0 aliphatic rings. The molecule has 2 aromatic carbocycles. The molecule has 1 atom stereocenters. The van der Waals surface area contributed by atoms with Crippen LogP contribution in [0.5, 0.6) is 17.2 Å². The minimum atomic E-state index is -4.64. The monoisotopic (exact) mass is 490 g/mol. The van der Waals surface area contributed by atoms with Crippen molar-refractivity contribution in [1.82, 2.24) is 20.6 Å². The number of methoxy groups -OCH3 is 1. The van der Waals surface area contributed by atoms with Crippen LogP contribution in [-0.4, -0.2) is 46.6 Å². The maximum atomic E-state index is 13.4. The summed E-state index contributed by atoms with van der Waals surface area (Å²) in [6, 6.07) is 8.18. The fraction of sp³-hybridized carbons (Fsp3) is 0.217. The van der Waals surface area contributed by atoms with Crippen LogP contribution >= 0.6 is 0 Å². The van der Waals surface area contributed by atoms with Gasteiger partial charge in [0, 0.05) is 18.9 Å². The van der Waals surface area contributed by atoms with Gasteiger partial charge in [-0.25, -0.2) is 9.97 Å². The number of ether oxygens (including phenoxy) is 2. The van der Waals surface area contributed by atoms with E-state index in [4.69, 9.17) is 9.47 Å². The summed E-state index contributed by atoms with van der Waals surface area (Å²) in [6.07, 6.45) is -0.861. The van der Waals surface area contributed by atoms with Gasteiger partial charge in [-0.2, -0.15) is 13.2 Å². The minimum absolute atomic E-state index is 0.0380. The summed E-state index contributed by atoms with van der Waals surface area (Å²) in [7, 11) is 1.27. The number of benzene rings is 2. The average molecular weight is 490 g/mol. The Morgan fingerprint density at radius 1 is 1.06 bits per heavy atom. The minimum Gasteiger partial charge on any atom is -0.497 e. The molecule has 0 radical (unpaired) electrons. The number of hydrogen-bond acceptors (Lipinski definition) is 7. The quantitative estimate of drug-likeness (QED) is 0.422. The first-order valence-electron chi connectivity index (χ1n) is 10.2. The van der Waals surface area contributed by atoms with E-state index < -0.39 is 36.2 Å². The van der Waals surface area contributed by atoms with Crippen LogP contribution < -0.4 is 20.1 Å². The zero-order valence-corrected chi connectivity index (χ0v) is 18.4. The van der Waals surface area contributed by atoms with Crippen molar-refractivity contribution in [3.63, 3.8) is 0 Å². The van der Waals surface area contributed by atoms with Crippen molar-refractivity contribution in [2.75, 3.05) is 13.7 Å². The zero-order valence-electron chi connectivity index (χ0n) is 18.4. The van der Waals surface area contributed by atoms with Crippen LogP contribution in [0.2, 0.25) is 0 Å². The van der Waals surface area contributed by atoms with Crippen molar-refractivity contribution >= 4 is 11.8 Å². The standard InChI is InChI=1S/C23H21F3N4O5/c1-34-17-6-7-20(18(8-17)23(24,25)26)35-16-4-2-14(3-5-16)9-29-22(33)19(12-31)30-21(32)15-10-27-13-28-11-15/h2-8,10-11,13,19,31H,9,12H2,1H3,(H,29,33)(H,30,32)/t19-/m1/s1. The third-order valence-electron chi connectivity index (χ3n) is 4.74. The molecular formula is C23H21F3N4O5. The van der Waals surface area contributed by atoms with Gasteiger partial charge in [-0.3, -0.25) is 9.59 Å². The van der Waals surface area contributed by atoms with Crippen LogP contribution in [-0.2, 0) is 17.5 Å². The van der Waals surface area contributed by atoms with Crippen molar-refractivity contribution < 1.29 is 37.3 Å². The maximum absolute atomic E-state index is 13.4. The smallest absolute Gasteiger partial charge is 0.420 e. The SMILES string of the molecule is COc1ccc(Oc2ccc(CNC(=O)[C@@H](CO)NC(=O)c3cncnc3)cc2)c(C(F)(F)F)c1. The summed E-state index contributed by atoms with van der Waals surface area (Å²) in [6.45, 7) is -0.599. The van der Waals surface area contributed by atoms with Crippen LogP contribution in [0.1, 0.15) is 21.5 Å². The Kier molecular flexibility index (Phi) is 8.21. The molecule has 0 spiro atoms. The van der Waals surface area contributed by atoms with Gasteiger partial charge in [-0.05, 0) is 35.9 Å². The van der Waals surface area contributed by atoms with Crippen molar-refractivity contribution in [2.24, 2.45) is 0 Å². The average Bonchev–Trinajstić information content (AvgIpc) is 2.86. The molecule has 0 bridgehead atoms. The van der Waals surface area contributed by atoms with Gasteiger partial charge >= 0.3 is 6.18 Å². The molecule has 0 fully saturated rings. The first kappa shape index (κ1) is 25.4. The highest BCUT2D eigenvalue weighted by Crippen LogP contribution is 2.40. The summed E-state index contributed by atoms with van der Waals surface area (Å²) in [4.78, 5) is 31.9. The second kappa shape index (κ2) is 11.3. The number of aliphatic hydroxyl groups is 1. The van der Waals surface area contributed by atoms with Gasteiger partial charge in [-0.1, -0.05) is 12.1 Å². The highest BCUT2D eigenvalue weighted by atomic mass is 19.4. The number of hydrogen-bond donors (Lipinski definition) is 3. The van der Waals surface area contributed by atoms with Gasteiger partial charge in [0.05, 0.1) is 19.3 Å². The second-order valence-electron chi connectivity index (χ2n) is 7.16. The number of nitrogens with one attached hydrogen (secondary N) is 2. The predicted octanol–water partition coefficient (Wildman–Crippen LogP) is 2.70. The first-order chi connectivity index (χ1) is 16.7. The lowest BCUT2D eigenvalue weighted by Crippen LogP contribution is -2.48. The summed E-state index contributed by atoms with van der Waals surface area (Å²) in [5.74, 6) is -1.44. The highest BCUT2D eigenvalue weighted by Gasteiger charge is 2.35. The number of halogens is 3. The number of aliphatic hydroxyl groups excluding tert-OH is 1. The molecule has 184 valence electrons. The van der Waals surface area contributed by atoms with Crippen molar-refractivity contribution in [3.05, 3.63) is 77.9 Å². The molecule has 9 nitrogen and oxygen atoms in total. The number of alkyl halides is 3. The molecule has 0 unspecified atom stereocenters. The third kappa shape index (κ3) is 6.90. The lowest BCUT2D eigenvalue weighted by atomic mass is 10.1. The summed E-state index contributed by atoms with van der Waals surface area (Å²) >= 11 is 0. The van der Waals surface area contributed by atoms with Crippen molar-refractivity contribution in [3.8, 4) is 17.2 Å². The summed E-state index contributed by atoms with van der Waals surface area (Å²) in [5.41, 5.74) is -0.247. The van der Waals surface area contributed by atoms with Crippen LogP contribution in [0.4, 0.5) is 13.2 Å². The van der Waals surface area contributed by atoms with Crippen molar-refractivity contribution in [1.29, 1.82) is 0 Å². The van der Waals surface area contributed by atoms with Crippen LogP contribution in [0, 0.1) is 0 Å². The first-order valence-corrected chi connectivity index (χ1v) is 10.2. The molecule has 0 saturated heterocycles. The molecule has 1 aromatic heterocycles. The van der Waals surface area contributed by atoms with E-state index in [1.54, 1.807) is 12.1 Å². The zero-order chi connectivity index (χ0) is 25.4. The maximum Gasteiger partial charge on any atom is 0.420 e. The molecule has 0 aliphatic carbocycles. The second-order valence-corrected chi connectivity index (χ2v) is 7.16. The molecular weight excluding hydrogens is 469 g/mol. The van der Waals surface area contributed by atoms with Gasteiger partial charge in [0.1, 0.15) is 35.2 Å². The molecule has 12 heteroatoms. The molecule has 3 rings (SSSR count). The van der Waals surface area contributed by atoms with E-state index in [1.807, 2.05) is 0 Å². The lowest BCUT2D eigenvalue weighted by molar-refractivity contribution is -0.138. The Labute approximate surface area is 197 Å². The van der Waals surface area contributed by atoms with Crippen LogP contribution in [0.15, 0.2) is 61.2 Å². The van der Waals surface area contributed by atoms with Crippen molar-refractivity contribution in [2.45, 2.75) is 18.8 Å². The van der Waals surface area contributed by atoms with Gasteiger partial charge in [0.2, 0.25) is 5.91 Å². The number of rotatable bonds is 9. The van der Waals surface area contributed by atoms with E-state index in [-0.39, 0.29) is 29.4 Å². The fourth-order valence-corrected chi connectivity index (χ4v) is 2.91. The highest BCUT2D eigenvalue weighted by molar-refractivity contribution is 5.97. The third-order valence-corrected chi connectivity index (χ3v) is 4.74. The van der Waals surface area contributed by atoms with E-state index in [0.717, 1.165) is 6.07 Å². The normalized spacial score (nSPS) is 11.9. The number of amides is 2. The van der Waals surface area contributed by atoms with Gasteiger partial charge in [-0.15, -0.1) is 0 Å². The topological polar surface area (TPSA) is 123 Å². The molecule has 3 aromatic rings. The van der Waals surface area contributed by atoms with E-state index >= 15 is 0 Å². The largest absolute Gasteiger partial charge is 0.497 e. The summed E-state index contributed by atoms with van der Waals surface area (Å²) in [5, 5.41) is 14.4. The van der Waals surface area contributed by atoms with Crippen LogP contribution in [0.25, 0.3) is 0 Å². The van der Waals surface area contributed by atoms with Gasteiger partial charge in [0.25, 0.3) is 5.91 Å². The number of carbonyl (C=O) groups excluding carboxylic acids is 2. The Hall–Kier alpha value is -4.19. The van der Waals surface area contributed by atoms with E-state index in [0.29, 0.717) is 5.56 Å². The Balaban J connectivity index is 1.60. The van der Waals surface area contributed by atoms with Gasteiger partial charge < -0.3 is 25.2 Å². The van der Waals surface area contributed by atoms with Crippen LogP contribution in [0.3, 0.4) is 0 Å². The number of aromatic nitrogens is 2. The van der Waals surface area contributed by atoms with E-state index in [1.165, 1.54) is 50.1 Å². The fourth-order valence-electron chi connectivity index (χ4n) is 2.91. The van der Waals surface area contributed by atoms with E-state index in [9.17, 15) is 27.9 Å². The Morgan fingerprint density at radius 3 is 2.31 bits per heavy atom. The number of carbonyl (C=O) groups is 2. The predicted molar refractivity (Wildman–Crippen MR) is 117 cm³/mol. The summed E-state index contributed by atoms with van der Waals surface area (Å²) < 4.78 is 50.3. The molecule has 1 heterocycles. The molecule has 35 heavy (non-hydrogen) atoms. The number of nitrogens with zero attached hydrogens (tertiary/aromatic N) is 2. The molecule has 3 N–H and O–H groups in total. The Morgan fingerprint density at radius 2 is 1.71 bits per heavy atom. The Bertz CT molecular complexity index is 1160.